The van der Waals surface area contributed by atoms with Crippen molar-refractivity contribution in [3.05, 3.63) is 72.9 Å². The van der Waals surface area contributed by atoms with Gasteiger partial charge in [0.05, 0.1) is 79.9 Å². The van der Waals surface area contributed by atoms with E-state index in [1.165, 1.54) is 38.8 Å². The summed E-state index contributed by atoms with van der Waals surface area (Å²) < 4.78 is 11.4. The summed E-state index contributed by atoms with van der Waals surface area (Å²) in [6, 6.07) is 0. The maximum Gasteiger partial charge on any atom is 0.157 e. The van der Waals surface area contributed by atoms with E-state index in [1.807, 2.05) is 25.2 Å². The second-order valence-electron chi connectivity index (χ2n) is 28.4. The van der Waals surface area contributed by atoms with E-state index in [-0.39, 0.29) is 61.6 Å². The molecule has 2 aliphatic rings. The van der Waals surface area contributed by atoms with E-state index < -0.39 is 190 Å². The van der Waals surface area contributed by atoms with Crippen LogP contribution in [0.5, 0.6) is 0 Å². The number of carbonyl (C=O) groups excluding carboxylic acids is 1. The zero-order chi connectivity index (χ0) is 75.3. The highest BCUT2D eigenvalue weighted by Gasteiger charge is 2.50. The minimum absolute atomic E-state index is 0.0306. The second kappa shape index (κ2) is 50.5. The minimum Gasteiger partial charge on any atom is -0.394 e. The van der Waals surface area contributed by atoms with Gasteiger partial charge in [0.2, 0.25) is 0 Å². The fourth-order valence-corrected chi connectivity index (χ4v) is 12.7. The average molecular weight is 1440 g/mol. The van der Waals surface area contributed by atoms with Crippen molar-refractivity contribution in [1.29, 1.82) is 0 Å². The van der Waals surface area contributed by atoms with Crippen LogP contribution in [0, 0.1) is 11.8 Å². The van der Waals surface area contributed by atoms with Crippen LogP contribution in [0.25, 0.3) is 0 Å². The third-order valence-electron chi connectivity index (χ3n) is 19.3. The highest BCUT2D eigenvalue weighted by Crippen LogP contribution is 2.33. The summed E-state index contributed by atoms with van der Waals surface area (Å²) in [5, 5.41) is 257. The molecule has 0 radical (unpaired) electrons. The molecule has 0 bridgehead atoms. The van der Waals surface area contributed by atoms with Gasteiger partial charge in [-0.05, 0) is 133 Å². The number of unbranched alkanes of at least 4 members (excludes halogenated alkanes) is 11. The van der Waals surface area contributed by atoms with Crippen molar-refractivity contribution in [2.75, 3.05) is 6.61 Å². The monoisotopic (exact) mass is 1440 g/mol. The zero-order valence-electron chi connectivity index (χ0n) is 59.0. The number of ketones is 1. The largest absolute Gasteiger partial charge is 0.394 e. The van der Waals surface area contributed by atoms with E-state index in [2.05, 4.69) is 13.2 Å². The van der Waals surface area contributed by atoms with E-state index in [1.54, 1.807) is 12.2 Å². The Hall–Kier alpha value is -2.93. The molecule has 0 aromatic carbocycles. The number of ether oxygens (including phenoxy) is 2. The molecule has 2 aliphatic heterocycles. The minimum atomic E-state index is -2.09. The van der Waals surface area contributed by atoms with Gasteiger partial charge in [-0.25, -0.2) is 0 Å². The summed E-state index contributed by atoms with van der Waals surface area (Å²) in [5.41, 5.74) is -0.0273. The Morgan fingerprint density at radius 1 is 0.490 bits per heavy atom. The van der Waals surface area contributed by atoms with E-state index in [0.717, 1.165) is 51.0 Å². The molecule has 20 unspecified atom stereocenters. The summed E-state index contributed by atoms with van der Waals surface area (Å²) >= 11 is 0. The molecule has 0 aromatic rings. The molecule has 27 heteroatoms. The van der Waals surface area contributed by atoms with Crippen LogP contribution in [-0.4, -0.2) is 300 Å². The van der Waals surface area contributed by atoms with E-state index in [9.17, 15) is 122 Å². The number of carbonyl (C=O) groups is 1. The van der Waals surface area contributed by atoms with E-state index in [4.69, 9.17) is 14.6 Å². The van der Waals surface area contributed by atoms with Crippen molar-refractivity contribution in [3.63, 3.8) is 0 Å². The Kier molecular flexibility index (Phi) is 47.1. The number of aliphatic hydroxyl groups excluding tert-OH is 24. The number of hydrogen-bond donors (Lipinski definition) is 24. The molecule has 2 saturated heterocycles. The van der Waals surface area contributed by atoms with Crippen molar-refractivity contribution < 1.29 is 137 Å². The molecule has 29 atom stereocenters. The van der Waals surface area contributed by atoms with Crippen LogP contribution in [0.4, 0.5) is 0 Å². The van der Waals surface area contributed by atoms with Crippen molar-refractivity contribution >= 4 is 5.78 Å². The summed E-state index contributed by atoms with van der Waals surface area (Å²) in [4.78, 5) is 12.3. The second-order valence-corrected chi connectivity index (χ2v) is 28.4. The summed E-state index contributed by atoms with van der Waals surface area (Å²) in [5.74, 6) is -1.35. The first kappa shape index (κ1) is 93.2. The molecule has 584 valence electrons. The third-order valence-corrected chi connectivity index (χ3v) is 19.3. The molecule has 2 rings (SSSR count). The highest BCUT2D eigenvalue weighted by atomic mass is 16.6. The normalized spacial score (nSPS) is 27.3. The Balaban J connectivity index is 1.84. The molecule has 0 spiro atoms. The zero-order valence-corrected chi connectivity index (χ0v) is 59.0. The Morgan fingerprint density at radius 2 is 1.02 bits per heavy atom. The molecular weight excluding hydrogens is 1310 g/mol. The van der Waals surface area contributed by atoms with Crippen LogP contribution >= 0.6 is 0 Å². The lowest BCUT2D eigenvalue weighted by Gasteiger charge is -2.44. The number of aliphatic hydroxyl groups is 24. The Bertz CT molecular complexity index is 2310. The molecule has 0 aliphatic carbocycles. The fraction of sp³-hybridized carbons (Fsp3) is 0.822. The van der Waals surface area contributed by atoms with Crippen LogP contribution in [0.2, 0.25) is 0 Å². The van der Waals surface area contributed by atoms with Crippen molar-refractivity contribution in [2.24, 2.45) is 11.8 Å². The summed E-state index contributed by atoms with van der Waals surface area (Å²) in [6.45, 7) is 11.8. The van der Waals surface area contributed by atoms with Gasteiger partial charge >= 0.3 is 0 Å². The van der Waals surface area contributed by atoms with Crippen LogP contribution in [0.1, 0.15) is 194 Å². The SMILES string of the molecule is C=CCCCCCCCCCC/C=C/C(O)C(O)[C@@H]1O[C@@H](C(O)C(O)C(=C)CCC(O)[C@@H]2O[C@@H](C(O)C(O)/C=C(\C)CC(O)C(O)C(O)CC(O)C(O)C(O)C(C)CC(O)C(O)CC(C)/C=C/CC/C=C/C(=O)CC(O)CCCCC(O)CCCC(O)CO)[C@H](O)[C@H](O)[C@@H]2O)C[C@@H](O)[C@H]1O. The first-order valence-electron chi connectivity index (χ1n) is 36.2. The Labute approximate surface area is 590 Å². The van der Waals surface area contributed by atoms with Gasteiger partial charge < -0.3 is 132 Å². The van der Waals surface area contributed by atoms with Crippen molar-refractivity contribution in [3.8, 4) is 0 Å². The number of allylic oxidation sites excluding steroid dienone is 6. The van der Waals surface area contributed by atoms with Gasteiger partial charge in [-0.15, -0.1) is 6.58 Å². The summed E-state index contributed by atoms with van der Waals surface area (Å²) in [6.07, 6.45) is -19.1. The molecule has 0 aromatic heterocycles. The molecule has 24 N–H and O–H groups in total. The van der Waals surface area contributed by atoms with Crippen molar-refractivity contribution in [1.82, 2.24) is 0 Å². The lowest BCUT2D eigenvalue weighted by Crippen LogP contribution is -2.64. The average Bonchev–Trinajstić information content (AvgIpc) is 0.801. The van der Waals surface area contributed by atoms with Gasteiger partial charge in [0.15, 0.2) is 5.78 Å². The van der Waals surface area contributed by atoms with Gasteiger partial charge in [0.25, 0.3) is 0 Å². The molecular formula is C73H130O27. The maximum absolute atomic E-state index is 12.3. The first-order chi connectivity index (χ1) is 47.2. The quantitative estimate of drug-likeness (QED) is 0.0208. The molecule has 2 fully saturated rings. The van der Waals surface area contributed by atoms with Crippen LogP contribution in [-0.2, 0) is 14.3 Å². The fourth-order valence-electron chi connectivity index (χ4n) is 12.7. The van der Waals surface area contributed by atoms with Crippen LogP contribution in [0.3, 0.4) is 0 Å². The van der Waals surface area contributed by atoms with Gasteiger partial charge in [-0.2, -0.15) is 0 Å². The highest BCUT2D eigenvalue weighted by molar-refractivity contribution is 5.89. The van der Waals surface area contributed by atoms with Crippen LogP contribution < -0.4 is 0 Å². The summed E-state index contributed by atoms with van der Waals surface area (Å²) in [7, 11) is 0. The number of hydrogen-bond acceptors (Lipinski definition) is 27. The smallest absolute Gasteiger partial charge is 0.157 e. The van der Waals surface area contributed by atoms with Gasteiger partial charge in [0, 0.05) is 19.3 Å². The number of rotatable bonds is 55. The molecule has 27 nitrogen and oxygen atoms in total. The molecule has 2 heterocycles. The standard InChI is InChI=1S/C73H130O27/c1-6-7-8-9-10-11-12-13-14-15-16-21-31-50(79)64(92)72-66(94)58(87)40-59(99-72)67(95)60(88)44(4)32-33-51(80)71-69(97)68(96)70(98)73(100-71)65(93)55(84)36-43(3)35-54(83)62(90)56(85)39-57(86)63(91)61(89)45(5)37-53(82)52(81)34-42(2)25-19-17-18-20-27-47(76)38-48(77)28-23-22-26-46(75)29-24-30-49(78)41-74/h6,19-21,25,27,31,36,42,45-46,48-75,77-98H,1,4,7-18,22-24,26,28-30,32-35,37-41H2,2-3,5H3/b25-19+,27-20+,31-21+,43-36+/t42?,45?,46?,48?,49?,50?,51?,52?,53?,54?,55?,56?,57?,58-,59-,60?,61?,62?,63?,64?,65?,66-,67?,68-,69+,70-,71+,72+,73+/m1/s1. The van der Waals surface area contributed by atoms with Gasteiger partial charge in [-0.1, -0.05) is 120 Å². The molecule has 0 saturated carbocycles. The lowest BCUT2D eigenvalue weighted by atomic mass is 9.86. The maximum atomic E-state index is 12.3. The predicted octanol–water partition coefficient (Wildman–Crippen LogP) is -0.455. The third kappa shape index (κ3) is 34.5. The lowest BCUT2D eigenvalue weighted by molar-refractivity contribution is -0.267. The predicted molar refractivity (Wildman–Crippen MR) is 371 cm³/mol. The topological polar surface area (TPSA) is 521 Å². The van der Waals surface area contributed by atoms with Crippen molar-refractivity contribution in [2.45, 2.75) is 359 Å². The Morgan fingerprint density at radius 3 is 1.65 bits per heavy atom. The first-order valence-corrected chi connectivity index (χ1v) is 36.2. The van der Waals surface area contributed by atoms with Gasteiger partial charge in [0.1, 0.15) is 91.6 Å². The van der Waals surface area contributed by atoms with E-state index in [0.29, 0.717) is 64.2 Å². The molecule has 0 amide bonds. The van der Waals surface area contributed by atoms with E-state index >= 15 is 0 Å². The van der Waals surface area contributed by atoms with Gasteiger partial charge in [-0.3, -0.25) is 4.79 Å². The molecule has 100 heavy (non-hydrogen) atoms. The van der Waals surface area contributed by atoms with Crippen LogP contribution in [0.15, 0.2) is 72.9 Å².